The summed E-state index contributed by atoms with van der Waals surface area (Å²) in [4.78, 5) is 23.6. The molecule has 0 aliphatic rings. The number of nitrogen functional groups attached to an aromatic ring is 1. The number of anilines is 1. The Kier molecular flexibility index (Phi) is 2.78. The van der Waals surface area contributed by atoms with Gasteiger partial charge in [0.2, 0.25) is 0 Å². The highest BCUT2D eigenvalue weighted by Crippen LogP contribution is 2.21. The van der Waals surface area contributed by atoms with E-state index in [1.807, 2.05) is 30.7 Å². The molecule has 102 valence electrons. The summed E-state index contributed by atoms with van der Waals surface area (Å²) in [6.45, 7) is 1.85. The Morgan fingerprint density at radius 1 is 1.40 bits per heavy atom. The molecule has 3 N–H and O–H groups in total. The van der Waals surface area contributed by atoms with Crippen molar-refractivity contribution < 1.29 is 4.79 Å². The summed E-state index contributed by atoms with van der Waals surface area (Å²) >= 11 is 0. The summed E-state index contributed by atoms with van der Waals surface area (Å²) in [5.74, 6) is 1.87. The van der Waals surface area contributed by atoms with Gasteiger partial charge in [0.1, 0.15) is 5.82 Å². The number of benzene rings is 1. The van der Waals surface area contributed by atoms with Crippen LogP contribution in [0.2, 0.25) is 0 Å². The minimum Gasteiger partial charge on any atom is -0.382 e. The van der Waals surface area contributed by atoms with Crippen molar-refractivity contribution in [2.24, 2.45) is 7.05 Å². The number of nitrogens with zero attached hydrogens (tertiary/aromatic N) is 3. The number of aryl methyl sites for hydroxylation is 1. The first-order valence-corrected chi connectivity index (χ1v) is 6.40. The Labute approximate surface area is 115 Å². The van der Waals surface area contributed by atoms with Crippen LogP contribution in [0.3, 0.4) is 0 Å². The predicted molar refractivity (Wildman–Crippen MR) is 77.3 cm³/mol. The molecule has 0 bridgehead atoms. The third-order valence-corrected chi connectivity index (χ3v) is 3.23. The summed E-state index contributed by atoms with van der Waals surface area (Å²) < 4.78 is 1.81. The van der Waals surface area contributed by atoms with Crippen LogP contribution in [0.4, 0.5) is 5.82 Å². The number of nitrogens with two attached hydrogens (primary N) is 1. The number of Topliss-reactive ketones (excluding diaryl/α,β-unsaturated/α-hetero) is 1. The standard InChI is InChI=1S/C14H15N5O/c1-3-11(20)8-4-5-9-10(6-8)17-13(16-9)14-18-12(15)7-19(14)2/h4-7H,3,15H2,1-2H3,(H,16,17). The largest absolute Gasteiger partial charge is 0.382 e. The summed E-state index contributed by atoms with van der Waals surface area (Å²) in [5, 5.41) is 0. The second kappa shape index (κ2) is 4.48. The fourth-order valence-electron chi connectivity index (χ4n) is 2.20. The van der Waals surface area contributed by atoms with Crippen LogP contribution in [-0.2, 0) is 7.05 Å². The van der Waals surface area contributed by atoms with Gasteiger partial charge in [-0.3, -0.25) is 4.79 Å². The summed E-state index contributed by atoms with van der Waals surface area (Å²) in [6, 6.07) is 5.46. The van der Waals surface area contributed by atoms with Gasteiger partial charge >= 0.3 is 0 Å². The second-order valence-electron chi connectivity index (χ2n) is 4.69. The van der Waals surface area contributed by atoms with Crippen LogP contribution in [0.5, 0.6) is 0 Å². The lowest BCUT2D eigenvalue weighted by Crippen LogP contribution is -1.95. The van der Waals surface area contributed by atoms with Gasteiger partial charge in [-0.05, 0) is 18.2 Å². The van der Waals surface area contributed by atoms with Gasteiger partial charge in [0, 0.05) is 25.2 Å². The molecule has 0 radical (unpaired) electrons. The lowest BCUT2D eigenvalue weighted by Gasteiger charge is -1.96. The van der Waals surface area contributed by atoms with Crippen molar-refractivity contribution in [3.05, 3.63) is 30.0 Å². The van der Waals surface area contributed by atoms with Gasteiger partial charge in [0.25, 0.3) is 0 Å². The maximum Gasteiger partial charge on any atom is 0.178 e. The van der Waals surface area contributed by atoms with Gasteiger partial charge in [-0.2, -0.15) is 0 Å². The smallest absolute Gasteiger partial charge is 0.178 e. The van der Waals surface area contributed by atoms with Crippen LogP contribution in [-0.4, -0.2) is 25.3 Å². The number of rotatable bonds is 3. The number of aromatic nitrogens is 4. The summed E-state index contributed by atoms with van der Waals surface area (Å²) in [7, 11) is 1.86. The molecule has 0 saturated carbocycles. The van der Waals surface area contributed by atoms with E-state index in [2.05, 4.69) is 15.0 Å². The van der Waals surface area contributed by atoms with E-state index < -0.39 is 0 Å². The first-order valence-electron chi connectivity index (χ1n) is 6.40. The lowest BCUT2D eigenvalue weighted by atomic mass is 10.1. The van der Waals surface area contributed by atoms with Crippen molar-refractivity contribution in [3.8, 4) is 11.6 Å². The van der Waals surface area contributed by atoms with Crippen LogP contribution in [0.25, 0.3) is 22.7 Å². The van der Waals surface area contributed by atoms with E-state index in [9.17, 15) is 4.79 Å². The number of nitrogens with one attached hydrogen (secondary N) is 1. The molecule has 1 aromatic carbocycles. The first kappa shape index (κ1) is 12.4. The van der Waals surface area contributed by atoms with Crippen LogP contribution >= 0.6 is 0 Å². The maximum absolute atomic E-state index is 11.7. The fourth-order valence-corrected chi connectivity index (χ4v) is 2.20. The third-order valence-electron chi connectivity index (χ3n) is 3.23. The minimum absolute atomic E-state index is 0.115. The zero-order chi connectivity index (χ0) is 14.3. The van der Waals surface area contributed by atoms with Crippen molar-refractivity contribution in [2.45, 2.75) is 13.3 Å². The Hall–Kier alpha value is -2.63. The first-order chi connectivity index (χ1) is 9.58. The Morgan fingerprint density at radius 2 is 2.20 bits per heavy atom. The van der Waals surface area contributed by atoms with Gasteiger partial charge in [-0.25, -0.2) is 9.97 Å². The lowest BCUT2D eigenvalue weighted by molar-refractivity contribution is 0.0988. The maximum atomic E-state index is 11.7. The number of carbonyl (C=O) groups is 1. The van der Waals surface area contributed by atoms with E-state index in [4.69, 9.17) is 5.73 Å². The number of H-pyrrole nitrogens is 1. The number of fused-ring (bicyclic) bond motifs is 1. The topological polar surface area (TPSA) is 89.6 Å². The number of hydrogen-bond donors (Lipinski definition) is 2. The van der Waals surface area contributed by atoms with E-state index >= 15 is 0 Å². The normalized spacial score (nSPS) is 11.1. The summed E-state index contributed by atoms with van der Waals surface area (Å²) in [6.07, 6.45) is 2.22. The van der Waals surface area contributed by atoms with Crippen LogP contribution in [0, 0.1) is 0 Å². The molecule has 6 heteroatoms. The zero-order valence-corrected chi connectivity index (χ0v) is 11.3. The molecule has 0 amide bonds. The molecule has 2 heterocycles. The quantitative estimate of drug-likeness (QED) is 0.713. The van der Waals surface area contributed by atoms with Gasteiger partial charge in [-0.15, -0.1) is 0 Å². The van der Waals surface area contributed by atoms with E-state index in [0.29, 0.717) is 29.5 Å². The van der Waals surface area contributed by atoms with Gasteiger partial charge < -0.3 is 15.3 Å². The van der Waals surface area contributed by atoms with Crippen molar-refractivity contribution in [1.82, 2.24) is 19.5 Å². The fraction of sp³-hybridized carbons (Fsp3) is 0.214. The third kappa shape index (κ3) is 1.95. The summed E-state index contributed by atoms with van der Waals surface area (Å²) in [5.41, 5.74) is 7.98. The Morgan fingerprint density at radius 3 is 2.85 bits per heavy atom. The number of carbonyl (C=O) groups excluding carboxylic acids is 1. The molecule has 0 atom stereocenters. The average Bonchev–Trinajstić information content (AvgIpc) is 2.99. The molecule has 3 rings (SSSR count). The van der Waals surface area contributed by atoms with Crippen molar-refractivity contribution >= 4 is 22.6 Å². The molecule has 3 aromatic rings. The molecule has 0 fully saturated rings. The van der Waals surface area contributed by atoms with Gasteiger partial charge in [0.15, 0.2) is 17.4 Å². The number of aromatic amines is 1. The highest BCUT2D eigenvalue weighted by Gasteiger charge is 2.12. The molecule has 0 unspecified atom stereocenters. The molecule has 6 nitrogen and oxygen atoms in total. The molecule has 0 aliphatic heterocycles. The number of ketones is 1. The molecular weight excluding hydrogens is 254 g/mol. The van der Waals surface area contributed by atoms with E-state index in [1.165, 1.54) is 0 Å². The van der Waals surface area contributed by atoms with Crippen LogP contribution in [0.15, 0.2) is 24.4 Å². The Balaban J connectivity index is 2.11. The number of hydrogen-bond acceptors (Lipinski definition) is 4. The van der Waals surface area contributed by atoms with Crippen molar-refractivity contribution in [2.75, 3.05) is 5.73 Å². The minimum atomic E-state index is 0.115. The second-order valence-corrected chi connectivity index (χ2v) is 4.69. The van der Waals surface area contributed by atoms with Crippen molar-refractivity contribution in [3.63, 3.8) is 0 Å². The highest BCUT2D eigenvalue weighted by molar-refractivity contribution is 5.98. The van der Waals surface area contributed by atoms with Gasteiger partial charge in [0.05, 0.1) is 11.0 Å². The predicted octanol–water partition coefficient (Wildman–Crippen LogP) is 2.14. The number of imidazole rings is 2. The SMILES string of the molecule is CCC(=O)c1ccc2nc(-c3nc(N)cn3C)[nH]c2c1. The van der Waals surface area contributed by atoms with Crippen molar-refractivity contribution in [1.29, 1.82) is 0 Å². The molecule has 0 aliphatic carbocycles. The molecule has 2 aromatic heterocycles. The van der Waals surface area contributed by atoms with E-state index in [1.54, 1.807) is 12.3 Å². The monoisotopic (exact) mass is 269 g/mol. The Bertz CT molecular complexity index is 799. The van der Waals surface area contributed by atoms with E-state index in [0.717, 1.165) is 11.0 Å². The molecule has 20 heavy (non-hydrogen) atoms. The average molecular weight is 269 g/mol. The molecule has 0 spiro atoms. The van der Waals surface area contributed by atoms with Crippen LogP contribution in [0.1, 0.15) is 23.7 Å². The van der Waals surface area contributed by atoms with Gasteiger partial charge in [-0.1, -0.05) is 6.92 Å². The van der Waals surface area contributed by atoms with Crippen LogP contribution < -0.4 is 5.73 Å². The highest BCUT2D eigenvalue weighted by atomic mass is 16.1. The molecule has 0 saturated heterocycles. The van der Waals surface area contributed by atoms with E-state index in [-0.39, 0.29) is 5.78 Å². The zero-order valence-electron chi connectivity index (χ0n) is 11.3. The molecular formula is C14H15N5O.